The number of benzene rings is 2. The van der Waals surface area contributed by atoms with E-state index in [1.807, 2.05) is 0 Å². The molecule has 1 N–H and O–H groups in total. The third kappa shape index (κ3) is 5.35. The molecule has 0 atom stereocenters. The van der Waals surface area contributed by atoms with Gasteiger partial charge in [0, 0.05) is 5.92 Å². The van der Waals surface area contributed by atoms with E-state index in [1.165, 1.54) is 30.4 Å². The minimum absolute atomic E-state index is 0.492. The zero-order valence-corrected chi connectivity index (χ0v) is 13.1. The van der Waals surface area contributed by atoms with Crippen molar-refractivity contribution in [2.45, 2.75) is 38.5 Å². The first-order valence-electron chi connectivity index (χ1n) is 8.22. The van der Waals surface area contributed by atoms with Gasteiger partial charge in [0.15, 0.2) is 0 Å². The summed E-state index contributed by atoms with van der Waals surface area (Å²) < 4.78 is 0. The Kier molecular flexibility index (Phi) is 7.03. The van der Waals surface area contributed by atoms with Crippen molar-refractivity contribution in [2.75, 3.05) is 13.1 Å². The van der Waals surface area contributed by atoms with E-state index in [0.717, 1.165) is 19.5 Å². The number of nitrogens with one attached hydrogen (secondary N) is 1. The Hall–Kier alpha value is -1.60. The van der Waals surface area contributed by atoms with Crippen LogP contribution in [0.15, 0.2) is 60.7 Å². The van der Waals surface area contributed by atoms with Crippen LogP contribution in [0, 0.1) is 0 Å². The maximum Gasteiger partial charge on any atom is 0.0101 e. The second-order valence-corrected chi connectivity index (χ2v) is 5.62. The Labute approximate surface area is 129 Å². The Morgan fingerprint density at radius 2 is 1.33 bits per heavy atom. The molecular formula is C20H27N. The molecule has 2 rings (SSSR count). The average Bonchev–Trinajstić information content (AvgIpc) is 2.56. The summed E-state index contributed by atoms with van der Waals surface area (Å²) in [6, 6.07) is 21.7. The molecule has 0 heterocycles. The lowest BCUT2D eigenvalue weighted by Gasteiger charge is -2.18. The molecule has 0 bridgehead atoms. The van der Waals surface area contributed by atoms with Gasteiger partial charge in [0.2, 0.25) is 0 Å². The van der Waals surface area contributed by atoms with E-state index in [4.69, 9.17) is 0 Å². The molecular weight excluding hydrogens is 254 g/mol. The van der Waals surface area contributed by atoms with Gasteiger partial charge in [-0.25, -0.2) is 0 Å². The Morgan fingerprint density at radius 1 is 0.762 bits per heavy atom. The fourth-order valence-electron chi connectivity index (χ4n) is 2.77. The molecule has 0 spiro atoms. The van der Waals surface area contributed by atoms with Gasteiger partial charge in [-0.05, 0) is 37.1 Å². The summed E-state index contributed by atoms with van der Waals surface area (Å²) in [6.45, 7) is 4.48. The van der Waals surface area contributed by atoms with Crippen molar-refractivity contribution >= 4 is 0 Å². The van der Waals surface area contributed by atoms with E-state index in [9.17, 15) is 0 Å². The summed E-state index contributed by atoms with van der Waals surface area (Å²) in [4.78, 5) is 0. The molecule has 0 aliphatic rings. The molecule has 21 heavy (non-hydrogen) atoms. The van der Waals surface area contributed by atoms with Crippen LogP contribution in [-0.2, 0) is 0 Å². The monoisotopic (exact) mass is 281 g/mol. The van der Waals surface area contributed by atoms with E-state index in [1.54, 1.807) is 0 Å². The number of unbranched alkanes of at least 4 members (excludes halogenated alkanes) is 2. The van der Waals surface area contributed by atoms with Gasteiger partial charge in [0.25, 0.3) is 0 Å². The van der Waals surface area contributed by atoms with E-state index in [0.29, 0.717) is 5.92 Å². The second-order valence-electron chi connectivity index (χ2n) is 5.62. The van der Waals surface area contributed by atoms with Crippen LogP contribution in [-0.4, -0.2) is 13.1 Å². The first-order valence-corrected chi connectivity index (χ1v) is 8.22. The van der Waals surface area contributed by atoms with Crippen molar-refractivity contribution in [3.8, 4) is 0 Å². The zero-order valence-electron chi connectivity index (χ0n) is 13.1. The minimum Gasteiger partial charge on any atom is -0.317 e. The molecule has 0 aliphatic heterocycles. The molecule has 0 fully saturated rings. The summed E-state index contributed by atoms with van der Waals surface area (Å²) in [6.07, 6.45) is 5.06. The van der Waals surface area contributed by atoms with Crippen LogP contribution in [0.1, 0.15) is 49.7 Å². The summed E-state index contributed by atoms with van der Waals surface area (Å²) in [5, 5.41) is 3.59. The average molecular weight is 281 g/mol. The summed E-state index contributed by atoms with van der Waals surface area (Å²) in [5.74, 6) is 0.492. The van der Waals surface area contributed by atoms with Crippen molar-refractivity contribution in [3.63, 3.8) is 0 Å². The van der Waals surface area contributed by atoms with Gasteiger partial charge in [0.05, 0.1) is 0 Å². The fraction of sp³-hybridized carbons (Fsp3) is 0.400. The molecule has 0 unspecified atom stereocenters. The van der Waals surface area contributed by atoms with E-state index in [2.05, 4.69) is 72.9 Å². The Morgan fingerprint density at radius 3 is 1.86 bits per heavy atom. The van der Waals surface area contributed by atoms with Gasteiger partial charge in [0.1, 0.15) is 0 Å². The molecule has 0 aromatic heterocycles. The molecule has 0 aliphatic carbocycles. The van der Waals surface area contributed by atoms with Crippen LogP contribution in [0.25, 0.3) is 0 Å². The van der Waals surface area contributed by atoms with Crippen LogP contribution in [0.5, 0.6) is 0 Å². The predicted octanol–water partition coefficient (Wildman–Crippen LogP) is 4.99. The molecule has 0 saturated heterocycles. The molecule has 0 saturated carbocycles. The predicted molar refractivity (Wildman–Crippen MR) is 91.7 cm³/mol. The summed E-state index contributed by atoms with van der Waals surface area (Å²) in [5.41, 5.74) is 2.83. The van der Waals surface area contributed by atoms with Crippen molar-refractivity contribution in [1.29, 1.82) is 0 Å². The second kappa shape index (κ2) is 9.36. The van der Waals surface area contributed by atoms with E-state index < -0.39 is 0 Å². The van der Waals surface area contributed by atoms with Gasteiger partial charge in [-0.15, -0.1) is 0 Å². The van der Waals surface area contributed by atoms with E-state index >= 15 is 0 Å². The molecule has 1 heteroatoms. The largest absolute Gasteiger partial charge is 0.317 e. The summed E-state index contributed by atoms with van der Waals surface area (Å²) in [7, 11) is 0. The van der Waals surface area contributed by atoms with Gasteiger partial charge in [-0.2, -0.15) is 0 Å². The van der Waals surface area contributed by atoms with Gasteiger partial charge >= 0.3 is 0 Å². The van der Waals surface area contributed by atoms with Gasteiger partial charge in [-0.3, -0.25) is 0 Å². The molecule has 2 aromatic carbocycles. The molecule has 0 amide bonds. The van der Waals surface area contributed by atoms with Crippen LogP contribution < -0.4 is 5.32 Å². The van der Waals surface area contributed by atoms with Crippen molar-refractivity contribution in [2.24, 2.45) is 0 Å². The first kappa shape index (κ1) is 15.8. The topological polar surface area (TPSA) is 12.0 Å². The zero-order chi connectivity index (χ0) is 14.8. The fourth-order valence-corrected chi connectivity index (χ4v) is 2.77. The number of rotatable bonds is 9. The first-order chi connectivity index (χ1) is 10.4. The number of hydrogen-bond donors (Lipinski definition) is 1. The van der Waals surface area contributed by atoms with Crippen LogP contribution in [0.3, 0.4) is 0 Å². The minimum atomic E-state index is 0.492. The third-order valence-electron chi connectivity index (χ3n) is 3.97. The quantitative estimate of drug-likeness (QED) is 0.639. The SMILES string of the molecule is CCCCCNCCC(c1ccccc1)c1ccccc1. The smallest absolute Gasteiger partial charge is 0.0101 e. The van der Waals surface area contributed by atoms with Crippen LogP contribution in [0.2, 0.25) is 0 Å². The van der Waals surface area contributed by atoms with Crippen molar-refractivity contribution < 1.29 is 0 Å². The normalized spacial score (nSPS) is 11.0. The van der Waals surface area contributed by atoms with Crippen molar-refractivity contribution in [1.82, 2.24) is 5.32 Å². The lowest BCUT2D eigenvalue weighted by atomic mass is 9.88. The Balaban J connectivity index is 1.94. The van der Waals surface area contributed by atoms with Gasteiger partial charge in [-0.1, -0.05) is 80.4 Å². The highest BCUT2D eigenvalue weighted by Gasteiger charge is 2.12. The standard InChI is InChI=1S/C20H27N/c1-2-3-10-16-21-17-15-20(18-11-6-4-7-12-18)19-13-8-5-9-14-19/h4-9,11-14,20-21H,2-3,10,15-17H2,1H3. The Bertz CT molecular complexity index is 438. The van der Waals surface area contributed by atoms with Gasteiger partial charge < -0.3 is 5.32 Å². The van der Waals surface area contributed by atoms with Crippen molar-refractivity contribution in [3.05, 3.63) is 71.8 Å². The lowest BCUT2D eigenvalue weighted by molar-refractivity contribution is 0.579. The lowest BCUT2D eigenvalue weighted by Crippen LogP contribution is -2.19. The molecule has 2 aromatic rings. The molecule has 0 radical (unpaired) electrons. The maximum atomic E-state index is 3.59. The number of hydrogen-bond acceptors (Lipinski definition) is 1. The highest BCUT2D eigenvalue weighted by Crippen LogP contribution is 2.27. The summed E-state index contributed by atoms with van der Waals surface area (Å²) >= 11 is 0. The molecule has 112 valence electrons. The third-order valence-corrected chi connectivity index (χ3v) is 3.97. The highest BCUT2D eigenvalue weighted by atomic mass is 14.8. The highest BCUT2D eigenvalue weighted by molar-refractivity contribution is 5.32. The van der Waals surface area contributed by atoms with Crippen LogP contribution >= 0.6 is 0 Å². The maximum absolute atomic E-state index is 3.59. The van der Waals surface area contributed by atoms with Crippen LogP contribution in [0.4, 0.5) is 0 Å². The molecule has 1 nitrogen and oxygen atoms in total. The van der Waals surface area contributed by atoms with E-state index in [-0.39, 0.29) is 0 Å².